The fourth-order valence-electron chi connectivity index (χ4n) is 4.30. The van der Waals surface area contributed by atoms with Crippen molar-refractivity contribution in [3.05, 3.63) is 70.6 Å². The largest absolute Gasteiger partial charge is 0.444 e. The summed E-state index contributed by atoms with van der Waals surface area (Å²) >= 11 is 14.4. The molecule has 1 fully saturated rings. The van der Waals surface area contributed by atoms with Crippen LogP contribution in [0.3, 0.4) is 0 Å². The van der Waals surface area contributed by atoms with Crippen LogP contribution in [0, 0.1) is 6.92 Å². The Hall–Kier alpha value is -3.07. The molecule has 7 nitrogen and oxygen atoms in total. The highest BCUT2D eigenvalue weighted by Gasteiger charge is 2.26. The number of aryl methyl sites for hydroxylation is 1. The fraction of sp³-hybridized carbons (Fsp3) is 0.321. The van der Waals surface area contributed by atoms with E-state index < -0.39 is 5.60 Å². The van der Waals surface area contributed by atoms with Crippen molar-refractivity contribution in [3.8, 4) is 26.8 Å². The van der Waals surface area contributed by atoms with Crippen LogP contribution in [-0.4, -0.2) is 57.3 Å². The molecule has 0 N–H and O–H groups in total. The second kappa shape index (κ2) is 10.6. The van der Waals surface area contributed by atoms with Gasteiger partial charge in [0, 0.05) is 54.0 Å². The molecule has 1 aliphatic rings. The minimum absolute atomic E-state index is 0.262. The van der Waals surface area contributed by atoms with Crippen molar-refractivity contribution in [1.29, 1.82) is 0 Å². The van der Waals surface area contributed by atoms with E-state index >= 15 is 0 Å². The maximum Gasteiger partial charge on any atom is 0.410 e. The SMILES string of the molecule is Cc1cn(-c2cc(Cl)ccc2Cl)c(-c2ccc(-c3ccc(N4CCN(C(=O)OC(C)(C)C)CC4)nc3)s2)n1. The molecule has 3 aromatic heterocycles. The van der Waals surface area contributed by atoms with Crippen molar-refractivity contribution in [2.75, 3.05) is 31.1 Å². The van der Waals surface area contributed by atoms with Crippen LogP contribution in [0.15, 0.2) is 54.9 Å². The van der Waals surface area contributed by atoms with E-state index in [1.165, 1.54) is 0 Å². The minimum atomic E-state index is -0.492. The average Bonchev–Trinajstić information content (AvgIpc) is 3.51. The van der Waals surface area contributed by atoms with Gasteiger partial charge in [0.25, 0.3) is 0 Å². The number of piperazine rings is 1. The number of pyridine rings is 1. The van der Waals surface area contributed by atoms with E-state index in [1.54, 1.807) is 28.4 Å². The highest BCUT2D eigenvalue weighted by Crippen LogP contribution is 2.36. The Morgan fingerprint density at radius 2 is 1.74 bits per heavy atom. The predicted octanol–water partition coefficient (Wildman–Crippen LogP) is 7.34. The number of rotatable bonds is 4. The standard InChI is InChI=1S/C28H29Cl2N5O2S/c1-18-17-35(22-15-20(29)6-7-21(22)30)26(32-18)24-9-8-23(38-24)19-5-10-25(31-16-19)33-11-13-34(14-12-33)27(36)37-28(2,3)4/h5-10,15-17H,11-14H2,1-4H3. The molecule has 0 aliphatic carbocycles. The van der Waals surface area contributed by atoms with Gasteiger partial charge < -0.3 is 14.5 Å². The molecule has 0 saturated carbocycles. The Balaban J connectivity index is 1.30. The van der Waals surface area contributed by atoms with Crippen molar-refractivity contribution in [2.45, 2.75) is 33.3 Å². The third kappa shape index (κ3) is 5.82. The molecule has 198 valence electrons. The zero-order valence-electron chi connectivity index (χ0n) is 21.7. The predicted molar refractivity (Wildman–Crippen MR) is 155 cm³/mol. The second-order valence-electron chi connectivity index (χ2n) is 10.2. The number of benzene rings is 1. The summed E-state index contributed by atoms with van der Waals surface area (Å²) in [6.07, 6.45) is 3.60. The Bertz CT molecular complexity index is 1450. The lowest BCUT2D eigenvalue weighted by Gasteiger charge is -2.36. The number of ether oxygens (including phenoxy) is 1. The van der Waals surface area contributed by atoms with E-state index in [9.17, 15) is 4.79 Å². The molecule has 38 heavy (non-hydrogen) atoms. The third-order valence-corrected chi connectivity index (χ3v) is 7.79. The molecular formula is C28H29Cl2N5O2S. The van der Waals surface area contributed by atoms with Gasteiger partial charge in [-0.2, -0.15) is 0 Å². The van der Waals surface area contributed by atoms with Crippen molar-refractivity contribution in [3.63, 3.8) is 0 Å². The number of carbonyl (C=O) groups is 1. The molecule has 0 spiro atoms. The van der Waals surface area contributed by atoms with Crippen LogP contribution in [0.4, 0.5) is 10.6 Å². The van der Waals surface area contributed by atoms with Crippen LogP contribution in [0.25, 0.3) is 26.8 Å². The van der Waals surface area contributed by atoms with Gasteiger partial charge in [0.05, 0.1) is 21.3 Å². The van der Waals surface area contributed by atoms with Gasteiger partial charge >= 0.3 is 6.09 Å². The topological polar surface area (TPSA) is 63.5 Å². The van der Waals surface area contributed by atoms with Gasteiger partial charge in [0.15, 0.2) is 5.82 Å². The zero-order valence-corrected chi connectivity index (χ0v) is 24.1. The Labute approximate surface area is 236 Å². The maximum absolute atomic E-state index is 12.3. The van der Waals surface area contributed by atoms with Gasteiger partial charge in [-0.3, -0.25) is 4.57 Å². The molecule has 0 bridgehead atoms. The maximum atomic E-state index is 12.3. The molecule has 4 aromatic rings. The van der Waals surface area contributed by atoms with E-state index in [2.05, 4.69) is 23.1 Å². The molecule has 10 heteroatoms. The number of carbonyl (C=O) groups excluding carboxylic acids is 1. The van der Waals surface area contributed by atoms with Crippen molar-refractivity contribution in [2.24, 2.45) is 0 Å². The first-order chi connectivity index (χ1) is 18.1. The van der Waals surface area contributed by atoms with Gasteiger partial charge in [-0.25, -0.2) is 14.8 Å². The van der Waals surface area contributed by atoms with Gasteiger partial charge in [-0.1, -0.05) is 23.2 Å². The molecule has 1 saturated heterocycles. The van der Waals surface area contributed by atoms with E-state index in [-0.39, 0.29) is 6.09 Å². The quantitative estimate of drug-likeness (QED) is 0.257. The minimum Gasteiger partial charge on any atom is -0.444 e. The molecule has 0 atom stereocenters. The van der Waals surface area contributed by atoms with E-state index in [0.29, 0.717) is 36.2 Å². The highest BCUT2D eigenvalue weighted by atomic mass is 35.5. The van der Waals surface area contributed by atoms with Gasteiger partial charge in [-0.05, 0) is 70.2 Å². The summed E-state index contributed by atoms with van der Waals surface area (Å²) in [5.41, 5.74) is 2.23. The number of amides is 1. The number of anilines is 1. The Kier molecular flexibility index (Phi) is 7.40. The number of hydrogen-bond donors (Lipinski definition) is 0. The van der Waals surface area contributed by atoms with Crippen LogP contribution in [0.5, 0.6) is 0 Å². The molecule has 1 aromatic carbocycles. The average molecular weight is 571 g/mol. The summed E-state index contributed by atoms with van der Waals surface area (Å²) in [4.78, 5) is 27.9. The highest BCUT2D eigenvalue weighted by molar-refractivity contribution is 7.18. The summed E-state index contributed by atoms with van der Waals surface area (Å²) in [5, 5.41) is 1.22. The number of nitrogens with zero attached hydrogens (tertiary/aromatic N) is 5. The molecule has 0 unspecified atom stereocenters. The normalized spacial score (nSPS) is 14.2. The summed E-state index contributed by atoms with van der Waals surface area (Å²) in [5.74, 6) is 1.71. The summed E-state index contributed by atoms with van der Waals surface area (Å²) in [6, 6.07) is 13.7. The summed E-state index contributed by atoms with van der Waals surface area (Å²) < 4.78 is 7.48. The van der Waals surface area contributed by atoms with Crippen LogP contribution >= 0.6 is 34.5 Å². The zero-order chi connectivity index (χ0) is 27.0. The molecule has 1 amide bonds. The molecule has 4 heterocycles. The molecule has 0 radical (unpaired) electrons. The lowest BCUT2D eigenvalue weighted by Crippen LogP contribution is -2.50. The number of hydrogen-bond acceptors (Lipinski definition) is 6. The third-order valence-electron chi connectivity index (χ3n) is 6.11. The van der Waals surface area contributed by atoms with Gasteiger partial charge in [-0.15, -0.1) is 11.3 Å². The number of halogens is 2. The van der Waals surface area contributed by atoms with Crippen LogP contribution in [-0.2, 0) is 4.74 Å². The first kappa shape index (κ1) is 26.5. The van der Waals surface area contributed by atoms with Crippen LogP contribution in [0.2, 0.25) is 10.0 Å². The van der Waals surface area contributed by atoms with Crippen LogP contribution in [0.1, 0.15) is 26.5 Å². The fourth-order valence-corrected chi connectivity index (χ4v) is 5.66. The molecule has 1 aliphatic heterocycles. The van der Waals surface area contributed by atoms with E-state index in [0.717, 1.165) is 38.3 Å². The number of aromatic nitrogens is 3. The summed E-state index contributed by atoms with van der Waals surface area (Å²) in [7, 11) is 0. The number of thiophene rings is 1. The van der Waals surface area contributed by atoms with E-state index in [1.807, 2.05) is 56.8 Å². The molecular weight excluding hydrogens is 541 g/mol. The lowest BCUT2D eigenvalue weighted by molar-refractivity contribution is 0.0240. The molecule has 5 rings (SSSR count). The second-order valence-corrected chi connectivity index (χ2v) is 12.1. The Morgan fingerprint density at radius 3 is 2.42 bits per heavy atom. The smallest absolute Gasteiger partial charge is 0.410 e. The lowest BCUT2D eigenvalue weighted by atomic mass is 10.2. The van der Waals surface area contributed by atoms with Gasteiger partial charge in [0.1, 0.15) is 11.4 Å². The van der Waals surface area contributed by atoms with E-state index in [4.69, 9.17) is 37.9 Å². The first-order valence-corrected chi connectivity index (χ1v) is 14.0. The van der Waals surface area contributed by atoms with Crippen molar-refractivity contribution in [1.82, 2.24) is 19.4 Å². The van der Waals surface area contributed by atoms with Gasteiger partial charge in [0.2, 0.25) is 0 Å². The van der Waals surface area contributed by atoms with Crippen molar-refractivity contribution < 1.29 is 9.53 Å². The summed E-state index contributed by atoms with van der Waals surface area (Å²) in [6.45, 7) is 10.2. The number of imidazole rings is 1. The first-order valence-electron chi connectivity index (χ1n) is 12.4. The van der Waals surface area contributed by atoms with Crippen molar-refractivity contribution >= 4 is 46.4 Å². The Morgan fingerprint density at radius 1 is 1.00 bits per heavy atom. The monoisotopic (exact) mass is 569 g/mol. The van der Waals surface area contributed by atoms with Crippen LogP contribution < -0.4 is 4.90 Å².